The van der Waals surface area contributed by atoms with Gasteiger partial charge in [0.1, 0.15) is 5.54 Å². The average molecular weight is 506 g/mol. The fraction of sp³-hybridized carbons (Fsp3) is 0.625. The molecule has 35 heavy (non-hydrogen) atoms. The molecule has 1 atom stereocenters. The van der Waals surface area contributed by atoms with Crippen molar-refractivity contribution in [3.05, 3.63) is 30.0 Å². The largest absolute Gasteiger partial charge is 0.459 e. The molecule has 0 spiro atoms. The van der Waals surface area contributed by atoms with Crippen LogP contribution < -0.4 is 10.6 Å². The van der Waals surface area contributed by atoms with Crippen LogP contribution in [0.4, 0.5) is 0 Å². The van der Waals surface area contributed by atoms with Crippen molar-refractivity contribution >= 4 is 29.4 Å². The Morgan fingerprint density at radius 2 is 1.91 bits per heavy atom. The second kappa shape index (κ2) is 12.3. The number of amides is 2. The number of nitrogens with zero attached hydrogens (tertiary/aromatic N) is 3. The van der Waals surface area contributed by atoms with Crippen LogP contribution in [0.1, 0.15) is 73.6 Å². The van der Waals surface area contributed by atoms with Gasteiger partial charge in [-0.15, -0.1) is 10.2 Å². The summed E-state index contributed by atoms with van der Waals surface area (Å²) in [5.41, 5.74) is -1.11. The quantitative estimate of drug-likeness (QED) is 0.330. The van der Waals surface area contributed by atoms with Gasteiger partial charge >= 0.3 is 0 Å². The Morgan fingerprint density at radius 3 is 2.54 bits per heavy atom. The Labute approximate surface area is 210 Å². The lowest BCUT2D eigenvalue weighted by atomic mass is 9.80. The van der Waals surface area contributed by atoms with E-state index in [4.69, 9.17) is 8.83 Å². The van der Waals surface area contributed by atoms with Gasteiger partial charge in [-0.05, 0) is 51.4 Å². The minimum Gasteiger partial charge on any atom is -0.459 e. The van der Waals surface area contributed by atoms with Gasteiger partial charge in [-0.2, -0.15) is 0 Å². The van der Waals surface area contributed by atoms with E-state index in [9.17, 15) is 14.4 Å². The molecule has 2 aromatic rings. The first-order valence-corrected chi connectivity index (χ1v) is 13.0. The van der Waals surface area contributed by atoms with E-state index < -0.39 is 23.3 Å². The van der Waals surface area contributed by atoms with Crippen LogP contribution in [0, 0.1) is 5.92 Å². The van der Waals surface area contributed by atoms with Gasteiger partial charge in [0, 0.05) is 12.3 Å². The number of ketones is 1. The van der Waals surface area contributed by atoms with Gasteiger partial charge in [-0.1, -0.05) is 44.9 Å². The molecule has 0 aromatic carbocycles. The lowest BCUT2D eigenvalue weighted by Crippen LogP contribution is -2.62. The zero-order valence-electron chi connectivity index (χ0n) is 20.8. The van der Waals surface area contributed by atoms with Crippen molar-refractivity contribution in [1.29, 1.82) is 0 Å². The molecule has 2 heterocycles. The van der Waals surface area contributed by atoms with E-state index in [1.54, 1.807) is 12.1 Å². The standard InChI is InChI=1S/C24H35N5O5S/c1-16(2)15-17(19(30)21-27-28-23(34-21)35-14-12-29(3)4)25-22(32)24(10-6-5-7-11-24)26-20(31)18-9-8-13-33-18/h8-9,13,16-17H,5-7,10-12,14-15H2,1-4H3,(H,25,32)(H,26,31). The molecular formula is C24H35N5O5S. The molecule has 1 fully saturated rings. The summed E-state index contributed by atoms with van der Waals surface area (Å²) in [4.78, 5) is 41.6. The maximum atomic E-state index is 13.6. The van der Waals surface area contributed by atoms with E-state index in [1.807, 2.05) is 32.8 Å². The molecular weight excluding hydrogens is 470 g/mol. The van der Waals surface area contributed by atoms with Crippen molar-refractivity contribution in [1.82, 2.24) is 25.7 Å². The smallest absolute Gasteiger partial charge is 0.287 e. The van der Waals surface area contributed by atoms with Crippen molar-refractivity contribution in [3.8, 4) is 0 Å². The molecule has 1 saturated carbocycles. The maximum absolute atomic E-state index is 13.6. The molecule has 10 nitrogen and oxygen atoms in total. The normalized spacial score (nSPS) is 16.3. The predicted molar refractivity (Wildman–Crippen MR) is 131 cm³/mol. The Bertz CT molecular complexity index is 982. The van der Waals surface area contributed by atoms with Crippen molar-refractivity contribution in [2.45, 2.75) is 69.2 Å². The van der Waals surface area contributed by atoms with Crippen LogP contribution in [0.3, 0.4) is 0 Å². The third-order valence-electron chi connectivity index (χ3n) is 5.95. The molecule has 3 rings (SSSR count). The van der Waals surface area contributed by atoms with Gasteiger partial charge in [0.15, 0.2) is 5.76 Å². The van der Waals surface area contributed by atoms with Crippen molar-refractivity contribution in [3.63, 3.8) is 0 Å². The molecule has 1 aliphatic rings. The highest BCUT2D eigenvalue weighted by Gasteiger charge is 2.43. The van der Waals surface area contributed by atoms with E-state index in [0.29, 0.717) is 24.5 Å². The van der Waals surface area contributed by atoms with E-state index in [2.05, 4.69) is 20.8 Å². The zero-order valence-corrected chi connectivity index (χ0v) is 21.7. The molecule has 2 amide bonds. The average Bonchev–Trinajstić information content (AvgIpc) is 3.51. The molecule has 0 saturated heterocycles. The summed E-state index contributed by atoms with van der Waals surface area (Å²) in [5.74, 6) is -0.370. The second-order valence-electron chi connectivity index (χ2n) is 9.62. The lowest BCUT2D eigenvalue weighted by molar-refractivity contribution is -0.129. The van der Waals surface area contributed by atoms with Crippen molar-refractivity contribution < 1.29 is 23.2 Å². The lowest BCUT2D eigenvalue weighted by Gasteiger charge is -2.37. The first-order chi connectivity index (χ1) is 16.7. The molecule has 1 aliphatic carbocycles. The topological polar surface area (TPSA) is 131 Å². The number of furan rings is 1. The number of hydrogen-bond acceptors (Lipinski definition) is 9. The van der Waals surface area contributed by atoms with E-state index in [1.165, 1.54) is 18.0 Å². The third kappa shape index (κ3) is 7.41. The van der Waals surface area contributed by atoms with Crippen molar-refractivity contribution in [2.24, 2.45) is 5.92 Å². The van der Waals surface area contributed by atoms with Crippen LogP contribution >= 0.6 is 11.8 Å². The molecule has 0 radical (unpaired) electrons. The first kappa shape index (κ1) is 26.9. The minimum atomic E-state index is -1.11. The van der Waals surface area contributed by atoms with Gasteiger partial charge in [0.25, 0.3) is 17.0 Å². The highest BCUT2D eigenvalue weighted by atomic mass is 32.2. The highest BCUT2D eigenvalue weighted by molar-refractivity contribution is 7.99. The highest BCUT2D eigenvalue weighted by Crippen LogP contribution is 2.30. The number of Topliss-reactive ketones (excluding diaryl/α,β-unsaturated/α-hetero) is 1. The van der Waals surface area contributed by atoms with Crippen LogP contribution in [0.25, 0.3) is 0 Å². The maximum Gasteiger partial charge on any atom is 0.287 e. The number of carbonyl (C=O) groups excluding carboxylic acids is 3. The monoisotopic (exact) mass is 505 g/mol. The molecule has 11 heteroatoms. The number of rotatable bonds is 12. The summed E-state index contributed by atoms with van der Waals surface area (Å²) < 4.78 is 10.8. The van der Waals surface area contributed by atoms with Crippen LogP contribution in [-0.2, 0) is 4.79 Å². The van der Waals surface area contributed by atoms with E-state index in [-0.39, 0.29) is 23.5 Å². The Hall–Kier alpha value is -2.66. The van der Waals surface area contributed by atoms with E-state index >= 15 is 0 Å². The van der Waals surface area contributed by atoms with Crippen molar-refractivity contribution in [2.75, 3.05) is 26.4 Å². The third-order valence-corrected chi connectivity index (χ3v) is 6.75. The Balaban J connectivity index is 1.74. The number of thioether (sulfide) groups is 1. The zero-order chi connectivity index (χ0) is 25.4. The molecule has 1 unspecified atom stereocenters. The molecule has 2 aromatic heterocycles. The number of hydrogen-bond donors (Lipinski definition) is 2. The van der Waals surface area contributed by atoms with E-state index in [0.717, 1.165) is 31.6 Å². The molecule has 0 bridgehead atoms. The van der Waals surface area contributed by atoms with Gasteiger partial charge in [-0.3, -0.25) is 14.4 Å². The van der Waals surface area contributed by atoms with Gasteiger partial charge in [0.05, 0.1) is 12.3 Å². The van der Waals surface area contributed by atoms with Gasteiger partial charge in [-0.25, -0.2) is 0 Å². The summed E-state index contributed by atoms with van der Waals surface area (Å²) >= 11 is 1.38. The van der Waals surface area contributed by atoms with Crippen LogP contribution in [0.15, 0.2) is 32.5 Å². The SMILES string of the molecule is CC(C)CC(NC(=O)C1(NC(=O)c2ccco2)CCCCC1)C(=O)c1nnc(SCCN(C)C)o1. The van der Waals surface area contributed by atoms with Crippen LogP contribution in [0.2, 0.25) is 0 Å². The fourth-order valence-electron chi connectivity index (χ4n) is 4.08. The summed E-state index contributed by atoms with van der Waals surface area (Å²) in [6.45, 7) is 4.77. The summed E-state index contributed by atoms with van der Waals surface area (Å²) in [5, 5.41) is 14.0. The Morgan fingerprint density at radius 1 is 1.17 bits per heavy atom. The molecule has 192 valence electrons. The first-order valence-electron chi connectivity index (χ1n) is 12.0. The van der Waals surface area contributed by atoms with Gasteiger partial charge in [0.2, 0.25) is 11.7 Å². The van der Waals surface area contributed by atoms with Gasteiger partial charge < -0.3 is 24.4 Å². The van der Waals surface area contributed by atoms with Crippen LogP contribution in [0.5, 0.6) is 0 Å². The molecule has 2 N–H and O–H groups in total. The Kier molecular flexibility index (Phi) is 9.50. The fourth-order valence-corrected chi connectivity index (χ4v) is 4.95. The predicted octanol–water partition coefficient (Wildman–Crippen LogP) is 3.16. The second-order valence-corrected chi connectivity index (χ2v) is 10.7. The number of aromatic nitrogens is 2. The minimum absolute atomic E-state index is 0.124. The summed E-state index contributed by atoms with van der Waals surface area (Å²) in [7, 11) is 3.94. The summed E-state index contributed by atoms with van der Waals surface area (Å²) in [6.07, 6.45) is 5.37. The number of carbonyl (C=O) groups is 3. The number of nitrogens with one attached hydrogen (secondary N) is 2. The molecule has 0 aliphatic heterocycles. The van der Waals surface area contributed by atoms with Crippen LogP contribution in [-0.4, -0.2) is 70.7 Å². The summed E-state index contributed by atoms with van der Waals surface area (Å²) in [6, 6.07) is 2.33.